The largest absolute Gasteiger partial charge is 0.226 e. The van der Waals surface area contributed by atoms with Crippen molar-refractivity contribution in [1.82, 2.24) is 15.0 Å². The maximum absolute atomic E-state index is 6.40. The van der Waals surface area contributed by atoms with Crippen molar-refractivity contribution in [3.63, 3.8) is 0 Å². The van der Waals surface area contributed by atoms with Gasteiger partial charge in [-0.15, -0.1) is 0 Å². The highest BCUT2D eigenvalue weighted by Gasteiger charge is 2.12. The van der Waals surface area contributed by atoms with Crippen LogP contribution >= 0.6 is 11.6 Å². The van der Waals surface area contributed by atoms with Gasteiger partial charge in [-0.2, -0.15) is 9.97 Å². The SMILES string of the molecule is Clc1nc(-c2ccc3cc(-c4ccccc4)ccc3c2)nc(-c2ccc3cc(-c4ccccc4)ccc3c2)n1. The van der Waals surface area contributed by atoms with Gasteiger partial charge in [0.2, 0.25) is 5.28 Å². The van der Waals surface area contributed by atoms with Crippen LogP contribution in [0.2, 0.25) is 5.28 Å². The number of fused-ring (bicyclic) bond motifs is 2. The van der Waals surface area contributed by atoms with Gasteiger partial charge in [-0.3, -0.25) is 0 Å². The van der Waals surface area contributed by atoms with Gasteiger partial charge in [0.05, 0.1) is 0 Å². The summed E-state index contributed by atoms with van der Waals surface area (Å²) in [6.07, 6.45) is 0. The highest BCUT2D eigenvalue weighted by molar-refractivity contribution is 6.28. The lowest BCUT2D eigenvalue weighted by molar-refractivity contribution is 1.07. The van der Waals surface area contributed by atoms with Crippen molar-refractivity contribution >= 4 is 33.1 Å². The second-order valence-electron chi connectivity index (χ2n) is 9.54. The first-order valence-corrected chi connectivity index (χ1v) is 13.2. The van der Waals surface area contributed by atoms with E-state index in [9.17, 15) is 0 Å². The van der Waals surface area contributed by atoms with Crippen molar-refractivity contribution in [1.29, 1.82) is 0 Å². The first kappa shape index (κ1) is 23.3. The zero-order valence-corrected chi connectivity index (χ0v) is 21.7. The summed E-state index contributed by atoms with van der Waals surface area (Å²) in [6, 6.07) is 46.3. The molecule has 184 valence electrons. The van der Waals surface area contributed by atoms with Crippen molar-refractivity contribution < 1.29 is 0 Å². The summed E-state index contributed by atoms with van der Waals surface area (Å²) >= 11 is 6.40. The first-order chi connectivity index (χ1) is 19.2. The van der Waals surface area contributed by atoms with E-state index in [1.165, 1.54) is 22.3 Å². The number of rotatable bonds is 4. The summed E-state index contributed by atoms with van der Waals surface area (Å²) < 4.78 is 0. The smallest absolute Gasteiger partial charge is 0.208 e. The highest BCUT2D eigenvalue weighted by atomic mass is 35.5. The van der Waals surface area contributed by atoms with Crippen LogP contribution in [0, 0.1) is 0 Å². The maximum Gasteiger partial charge on any atom is 0.226 e. The minimum Gasteiger partial charge on any atom is -0.208 e. The van der Waals surface area contributed by atoms with Crippen LogP contribution in [0.1, 0.15) is 0 Å². The Bertz CT molecular complexity index is 1830. The molecule has 0 atom stereocenters. The second kappa shape index (κ2) is 9.79. The molecule has 1 heterocycles. The number of halogens is 1. The van der Waals surface area contributed by atoms with Gasteiger partial charge in [-0.1, -0.05) is 109 Å². The molecule has 3 nitrogen and oxygen atoms in total. The van der Waals surface area contributed by atoms with Crippen molar-refractivity contribution in [2.24, 2.45) is 0 Å². The third-order valence-corrected chi connectivity index (χ3v) is 7.19. The molecular formula is C35H22ClN3. The van der Waals surface area contributed by atoms with Gasteiger partial charge < -0.3 is 0 Å². The molecular weight excluding hydrogens is 498 g/mol. The van der Waals surface area contributed by atoms with Gasteiger partial charge in [-0.25, -0.2) is 4.98 Å². The molecule has 0 unspecified atom stereocenters. The summed E-state index contributed by atoms with van der Waals surface area (Å²) in [4.78, 5) is 13.7. The number of hydrogen-bond acceptors (Lipinski definition) is 3. The molecule has 0 spiro atoms. The van der Waals surface area contributed by atoms with E-state index in [2.05, 4.69) is 119 Å². The normalized spacial score (nSPS) is 11.2. The fourth-order valence-corrected chi connectivity index (χ4v) is 5.16. The van der Waals surface area contributed by atoms with Gasteiger partial charge in [0, 0.05) is 11.1 Å². The minimum atomic E-state index is 0.175. The molecule has 4 heteroatoms. The van der Waals surface area contributed by atoms with E-state index >= 15 is 0 Å². The Morgan fingerprint density at radius 1 is 0.333 bits per heavy atom. The van der Waals surface area contributed by atoms with E-state index in [-0.39, 0.29) is 5.28 Å². The Balaban J connectivity index is 1.23. The van der Waals surface area contributed by atoms with E-state index in [0.717, 1.165) is 32.7 Å². The Morgan fingerprint density at radius 3 is 1.10 bits per heavy atom. The molecule has 7 aromatic rings. The molecule has 0 saturated heterocycles. The number of aromatic nitrogens is 3. The van der Waals surface area contributed by atoms with Crippen LogP contribution in [0.25, 0.3) is 66.6 Å². The molecule has 0 N–H and O–H groups in total. The van der Waals surface area contributed by atoms with Gasteiger partial charge in [0.15, 0.2) is 11.6 Å². The monoisotopic (exact) mass is 519 g/mol. The highest BCUT2D eigenvalue weighted by Crippen LogP contribution is 2.30. The standard InChI is InChI=1S/C35H22ClN3/c36-35-38-33(31-17-15-27-19-25(11-13-29(27)21-31)23-7-3-1-4-8-23)37-34(39-35)32-18-16-28-20-26(12-14-30(28)22-32)24-9-5-2-6-10-24/h1-22H. The lowest BCUT2D eigenvalue weighted by atomic mass is 9.99. The molecule has 0 amide bonds. The van der Waals surface area contributed by atoms with Crippen molar-refractivity contribution in [2.45, 2.75) is 0 Å². The summed E-state index contributed by atoms with van der Waals surface area (Å²) in [5.41, 5.74) is 6.57. The van der Waals surface area contributed by atoms with Crippen LogP contribution in [-0.2, 0) is 0 Å². The molecule has 0 aliphatic heterocycles. The van der Waals surface area contributed by atoms with E-state index < -0.39 is 0 Å². The average molecular weight is 520 g/mol. The number of benzene rings is 6. The Labute approximate surface area is 231 Å². The predicted molar refractivity (Wildman–Crippen MR) is 162 cm³/mol. The molecule has 0 fully saturated rings. The van der Waals surface area contributed by atoms with Gasteiger partial charge in [0.25, 0.3) is 0 Å². The fourth-order valence-electron chi connectivity index (χ4n) is 5.00. The van der Waals surface area contributed by atoms with Crippen LogP contribution in [0.3, 0.4) is 0 Å². The number of nitrogens with zero attached hydrogens (tertiary/aromatic N) is 3. The van der Waals surface area contributed by atoms with E-state index in [1.807, 2.05) is 24.3 Å². The van der Waals surface area contributed by atoms with Crippen LogP contribution in [0.4, 0.5) is 0 Å². The lowest BCUT2D eigenvalue weighted by Crippen LogP contribution is -1.97. The number of hydrogen-bond donors (Lipinski definition) is 0. The maximum atomic E-state index is 6.40. The van der Waals surface area contributed by atoms with Gasteiger partial charge in [-0.05, 0) is 79.7 Å². The quantitative estimate of drug-likeness (QED) is 0.232. The second-order valence-corrected chi connectivity index (χ2v) is 9.88. The van der Waals surface area contributed by atoms with Crippen LogP contribution in [-0.4, -0.2) is 15.0 Å². The third kappa shape index (κ3) is 4.65. The molecule has 6 aromatic carbocycles. The predicted octanol–water partition coefficient (Wildman–Crippen LogP) is 9.50. The zero-order valence-electron chi connectivity index (χ0n) is 20.9. The van der Waals surface area contributed by atoms with E-state index in [0.29, 0.717) is 11.6 Å². The van der Waals surface area contributed by atoms with Crippen molar-refractivity contribution in [3.8, 4) is 45.0 Å². The molecule has 1 aromatic heterocycles. The Kier molecular flexibility index (Phi) is 5.84. The van der Waals surface area contributed by atoms with E-state index in [1.54, 1.807) is 0 Å². The Morgan fingerprint density at radius 2 is 0.692 bits per heavy atom. The summed E-state index contributed by atoms with van der Waals surface area (Å²) in [5.74, 6) is 1.11. The molecule has 0 radical (unpaired) electrons. The molecule has 39 heavy (non-hydrogen) atoms. The van der Waals surface area contributed by atoms with Crippen LogP contribution < -0.4 is 0 Å². The third-order valence-electron chi connectivity index (χ3n) is 7.02. The fraction of sp³-hybridized carbons (Fsp3) is 0. The lowest BCUT2D eigenvalue weighted by Gasteiger charge is -2.09. The van der Waals surface area contributed by atoms with Crippen molar-refractivity contribution in [3.05, 3.63) is 139 Å². The van der Waals surface area contributed by atoms with Gasteiger partial charge >= 0.3 is 0 Å². The van der Waals surface area contributed by atoms with E-state index in [4.69, 9.17) is 16.6 Å². The molecule has 7 rings (SSSR count). The minimum absolute atomic E-state index is 0.175. The van der Waals surface area contributed by atoms with Gasteiger partial charge in [0.1, 0.15) is 0 Å². The van der Waals surface area contributed by atoms with Crippen LogP contribution in [0.5, 0.6) is 0 Å². The van der Waals surface area contributed by atoms with Crippen LogP contribution in [0.15, 0.2) is 133 Å². The first-order valence-electron chi connectivity index (χ1n) is 12.8. The molecule has 0 bridgehead atoms. The summed E-state index contributed by atoms with van der Waals surface area (Å²) in [7, 11) is 0. The Hall–Kier alpha value is -4.86. The molecule has 0 saturated carbocycles. The molecule has 0 aliphatic carbocycles. The summed E-state index contributed by atoms with van der Waals surface area (Å²) in [5, 5.41) is 4.72. The molecule has 0 aliphatic rings. The average Bonchev–Trinajstić information content (AvgIpc) is 3.00. The topological polar surface area (TPSA) is 38.7 Å². The summed E-state index contributed by atoms with van der Waals surface area (Å²) in [6.45, 7) is 0. The van der Waals surface area contributed by atoms with Crippen molar-refractivity contribution in [2.75, 3.05) is 0 Å². The zero-order chi connectivity index (χ0) is 26.2.